The molecule has 3 rings (SSSR count). The summed E-state index contributed by atoms with van der Waals surface area (Å²) < 4.78 is 0. The second kappa shape index (κ2) is 10.1. The number of benzene rings is 2. The fourth-order valence-corrected chi connectivity index (χ4v) is 3.98. The molecule has 0 spiro atoms. The van der Waals surface area contributed by atoms with Gasteiger partial charge in [-0.05, 0) is 37.1 Å². The molecular formula is C21H21Cl2N5O2S. The standard InChI is InChI=1S/C21H21Cl2N5O2S/c1-11(2)17(25-20(30)24-16-8-7-14(22)10-15(16)23)18(29)26-21-28-27-19(31-21)13-6-4-5-12(3)9-13/h4-11,17H,1-3H3,(H2,24,25,30)(H,26,28,29). The lowest BCUT2D eigenvalue weighted by molar-refractivity contribution is -0.118. The number of hydrogen-bond donors (Lipinski definition) is 3. The summed E-state index contributed by atoms with van der Waals surface area (Å²) in [4.78, 5) is 25.2. The minimum atomic E-state index is -0.794. The molecule has 0 aliphatic heterocycles. The summed E-state index contributed by atoms with van der Waals surface area (Å²) in [6.45, 7) is 5.66. The molecule has 31 heavy (non-hydrogen) atoms. The van der Waals surface area contributed by atoms with E-state index in [0.29, 0.717) is 25.9 Å². The molecule has 0 aliphatic rings. The van der Waals surface area contributed by atoms with Crippen molar-refractivity contribution in [1.29, 1.82) is 0 Å². The van der Waals surface area contributed by atoms with E-state index in [1.165, 1.54) is 17.4 Å². The van der Waals surface area contributed by atoms with E-state index in [-0.39, 0.29) is 11.8 Å². The first-order valence-electron chi connectivity index (χ1n) is 9.47. The first-order valence-corrected chi connectivity index (χ1v) is 11.0. The Hall–Kier alpha value is -2.68. The van der Waals surface area contributed by atoms with Gasteiger partial charge < -0.3 is 10.6 Å². The van der Waals surface area contributed by atoms with Crippen LogP contribution >= 0.6 is 34.5 Å². The maximum Gasteiger partial charge on any atom is 0.319 e. The molecule has 10 heteroatoms. The predicted molar refractivity (Wildman–Crippen MR) is 126 cm³/mol. The second-order valence-corrected chi connectivity index (χ2v) is 9.04. The van der Waals surface area contributed by atoms with Crippen LogP contribution in [0.15, 0.2) is 42.5 Å². The monoisotopic (exact) mass is 477 g/mol. The molecule has 0 fully saturated rings. The fourth-order valence-electron chi connectivity index (χ4n) is 2.78. The van der Waals surface area contributed by atoms with Crippen LogP contribution in [0.2, 0.25) is 10.0 Å². The van der Waals surface area contributed by atoms with Gasteiger partial charge in [-0.15, -0.1) is 10.2 Å². The molecule has 162 valence electrons. The number of halogens is 2. The van der Waals surface area contributed by atoms with Crippen molar-refractivity contribution in [3.63, 3.8) is 0 Å². The van der Waals surface area contributed by atoms with Crippen molar-refractivity contribution in [2.45, 2.75) is 26.8 Å². The van der Waals surface area contributed by atoms with Crippen LogP contribution in [-0.2, 0) is 4.79 Å². The number of nitrogens with one attached hydrogen (secondary N) is 3. The lowest BCUT2D eigenvalue weighted by Gasteiger charge is -2.21. The normalized spacial score (nSPS) is 11.8. The summed E-state index contributed by atoms with van der Waals surface area (Å²) in [6.07, 6.45) is 0. The topological polar surface area (TPSA) is 96.0 Å². The number of carbonyl (C=O) groups is 2. The average molecular weight is 478 g/mol. The van der Waals surface area contributed by atoms with Gasteiger partial charge in [0.2, 0.25) is 11.0 Å². The van der Waals surface area contributed by atoms with Crippen LogP contribution < -0.4 is 16.0 Å². The summed E-state index contributed by atoms with van der Waals surface area (Å²) in [7, 11) is 0. The zero-order chi connectivity index (χ0) is 22.5. The summed E-state index contributed by atoms with van der Waals surface area (Å²) in [5.74, 6) is -0.560. The van der Waals surface area contributed by atoms with Gasteiger partial charge in [-0.25, -0.2) is 4.79 Å². The highest BCUT2D eigenvalue weighted by atomic mass is 35.5. The third kappa shape index (κ3) is 6.16. The Labute approximate surface area is 194 Å². The number of aromatic nitrogens is 2. The zero-order valence-electron chi connectivity index (χ0n) is 17.1. The average Bonchev–Trinajstić information content (AvgIpc) is 3.16. The molecule has 1 heterocycles. The van der Waals surface area contributed by atoms with E-state index >= 15 is 0 Å². The van der Waals surface area contributed by atoms with Crippen molar-refractivity contribution in [1.82, 2.24) is 15.5 Å². The van der Waals surface area contributed by atoms with Gasteiger partial charge in [0.05, 0.1) is 10.7 Å². The molecule has 7 nitrogen and oxygen atoms in total. The van der Waals surface area contributed by atoms with Crippen LogP contribution in [0.3, 0.4) is 0 Å². The molecule has 1 atom stereocenters. The third-order valence-corrected chi connectivity index (χ3v) is 5.77. The summed E-state index contributed by atoms with van der Waals surface area (Å²) in [6, 6.07) is 11.2. The highest BCUT2D eigenvalue weighted by Crippen LogP contribution is 2.27. The van der Waals surface area contributed by atoms with Crippen molar-refractivity contribution >= 4 is 57.3 Å². The number of urea groups is 1. The molecule has 2 aromatic carbocycles. The Bertz CT molecular complexity index is 1100. The lowest BCUT2D eigenvalue weighted by atomic mass is 10.0. The number of aryl methyl sites for hydroxylation is 1. The van der Waals surface area contributed by atoms with Gasteiger partial charge >= 0.3 is 6.03 Å². The quantitative estimate of drug-likeness (QED) is 0.430. The Morgan fingerprint density at radius 3 is 2.48 bits per heavy atom. The van der Waals surface area contributed by atoms with Crippen molar-refractivity contribution < 1.29 is 9.59 Å². The third-order valence-electron chi connectivity index (χ3n) is 4.34. The van der Waals surface area contributed by atoms with E-state index in [4.69, 9.17) is 23.2 Å². The predicted octanol–water partition coefficient (Wildman–Crippen LogP) is 5.61. The van der Waals surface area contributed by atoms with Gasteiger partial charge in [-0.1, -0.05) is 72.1 Å². The number of anilines is 2. The fraction of sp³-hybridized carbons (Fsp3) is 0.238. The van der Waals surface area contributed by atoms with E-state index in [0.717, 1.165) is 11.1 Å². The summed E-state index contributed by atoms with van der Waals surface area (Å²) >= 11 is 13.2. The van der Waals surface area contributed by atoms with Crippen LogP contribution in [0, 0.1) is 12.8 Å². The maximum atomic E-state index is 12.8. The lowest BCUT2D eigenvalue weighted by Crippen LogP contribution is -2.48. The van der Waals surface area contributed by atoms with Gasteiger partial charge in [0, 0.05) is 10.6 Å². The van der Waals surface area contributed by atoms with E-state index < -0.39 is 12.1 Å². The van der Waals surface area contributed by atoms with Crippen LogP contribution in [0.25, 0.3) is 10.6 Å². The smallest absolute Gasteiger partial charge is 0.319 e. The second-order valence-electron chi connectivity index (χ2n) is 7.22. The zero-order valence-corrected chi connectivity index (χ0v) is 19.4. The molecule has 0 bridgehead atoms. The minimum Gasteiger partial charge on any atom is -0.326 e. The summed E-state index contributed by atoms with van der Waals surface area (Å²) in [5, 5.41) is 18.0. The Morgan fingerprint density at radius 2 is 1.81 bits per heavy atom. The number of nitrogens with zero attached hydrogens (tertiary/aromatic N) is 2. The Kier molecular flexibility index (Phi) is 7.48. The first-order chi connectivity index (χ1) is 14.7. The Balaban J connectivity index is 1.66. The molecule has 3 amide bonds. The van der Waals surface area contributed by atoms with E-state index in [2.05, 4.69) is 26.1 Å². The molecule has 1 aromatic heterocycles. The SMILES string of the molecule is Cc1cccc(-c2nnc(NC(=O)C(NC(=O)Nc3ccc(Cl)cc3Cl)C(C)C)s2)c1. The van der Waals surface area contributed by atoms with E-state index in [9.17, 15) is 9.59 Å². The number of rotatable bonds is 6. The minimum absolute atomic E-state index is 0.171. The van der Waals surface area contributed by atoms with Gasteiger partial charge in [0.15, 0.2) is 0 Å². The molecule has 0 saturated carbocycles. The van der Waals surface area contributed by atoms with Crippen molar-refractivity contribution in [2.24, 2.45) is 5.92 Å². The first kappa shape index (κ1) is 23.0. The Morgan fingerprint density at radius 1 is 1.03 bits per heavy atom. The molecule has 3 N–H and O–H groups in total. The number of carbonyl (C=O) groups excluding carboxylic acids is 2. The van der Waals surface area contributed by atoms with Crippen LogP contribution in [0.5, 0.6) is 0 Å². The molecule has 0 aliphatic carbocycles. The van der Waals surface area contributed by atoms with Gasteiger partial charge in [0.25, 0.3) is 0 Å². The maximum absolute atomic E-state index is 12.8. The molecule has 1 unspecified atom stereocenters. The molecule has 0 radical (unpaired) electrons. The highest BCUT2D eigenvalue weighted by molar-refractivity contribution is 7.18. The van der Waals surface area contributed by atoms with E-state index in [1.54, 1.807) is 12.1 Å². The van der Waals surface area contributed by atoms with Crippen LogP contribution in [0.1, 0.15) is 19.4 Å². The van der Waals surface area contributed by atoms with E-state index in [1.807, 2.05) is 45.0 Å². The number of amides is 3. The molecule has 3 aromatic rings. The van der Waals surface area contributed by atoms with Gasteiger partial charge in [-0.2, -0.15) is 0 Å². The molecular weight excluding hydrogens is 457 g/mol. The van der Waals surface area contributed by atoms with Crippen molar-refractivity contribution in [2.75, 3.05) is 10.6 Å². The summed E-state index contributed by atoms with van der Waals surface area (Å²) in [5.41, 5.74) is 2.42. The van der Waals surface area contributed by atoms with Crippen molar-refractivity contribution in [3.05, 3.63) is 58.1 Å². The molecule has 0 saturated heterocycles. The van der Waals surface area contributed by atoms with Crippen LogP contribution in [0.4, 0.5) is 15.6 Å². The van der Waals surface area contributed by atoms with Crippen LogP contribution in [-0.4, -0.2) is 28.2 Å². The number of hydrogen-bond acceptors (Lipinski definition) is 5. The van der Waals surface area contributed by atoms with Gasteiger partial charge in [0.1, 0.15) is 11.0 Å². The largest absolute Gasteiger partial charge is 0.326 e. The highest BCUT2D eigenvalue weighted by Gasteiger charge is 2.25. The van der Waals surface area contributed by atoms with Crippen molar-refractivity contribution in [3.8, 4) is 10.6 Å². The van der Waals surface area contributed by atoms with Gasteiger partial charge in [-0.3, -0.25) is 10.1 Å².